The van der Waals surface area contributed by atoms with Gasteiger partial charge in [-0.2, -0.15) is 0 Å². The summed E-state index contributed by atoms with van der Waals surface area (Å²) in [6, 6.07) is 12.0. The molecular formula is C17H16O3. The van der Waals surface area contributed by atoms with Gasteiger partial charge in [0.25, 0.3) is 0 Å². The maximum absolute atomic E-state index is 12.1. The number of phenolic OH excluding ortho intramolecular Hbond substituents is 1. The van der Waals surface area contributed by atoms with Crippen molar-refractivity contribution >= 4 is 11.9 Å². The highest BCUT2D eigenvalue weighted by atomic mass is 16.5. The highest BCUT2D eigenvalue weighted by molar-refractivity contribution is 6.07. The highest BCUT2D eigenvalue weighted by Crippen LogP contribution is 2.19. The molecular weight excluding hydrogens is 252 g/mol. The molecule has 102 valence electrons. The van der Waals surface area contributed by atoms with Gasteiger partial charge >= 0.3 is 0 Å². The van der Waals surface area contributed by atoms with Gasteiger partial charge in [-0.25, -0.2) is 0 Å². The summed E-state index contributed by atoms with van der Waals surface area (Å²) in [4.78, 5) is 12.1. The van der Waals surface area contributed by atoms with E-state index in [2.05, 4.69) is 0 Å². The molecule has 0 aliphatic rings. The van der Waals surface area contributed by atoms with Crippen LogP contribution >= 0.6 is 0 Å². The average molecular weight is 268 g/mol. The molecule has 1 N–H and O–H groups in total. The lowest BCUT2D eigenvalue weighted by molar-refractivity contribution is 0.104. The van der Waals surface area contributed by atoms with Crippen molar-refractivity contribution < 1.29 is 14.6 Å². The zero-order chi connectivity index (χ0) is 14.5. The van der Waals surface area contributed by atoms with E-state index in [-0.39, 0.29) is 11.5 Å². The van der Waals surface area contributed by atoms with Crippen molar-refractivity contribution in [3.8, 4) is 11.5 Å². The topological polar surface area (TPSA) is 46.5 Å². The summed E-state index contributed by atoms with van der Waals surface area (Å²) in [6.45, 7) is 1.93. The predicted molar refractivity (Wildman–Crippen MR) is 79.2 cm³/mol. The minimum atomic E-state index is -0.0867. The number of allylic oxidation sites excluding steroid dienone is 1. The molecule has 3 heteroatoms. The van der Waals surface area contributed by atoms with Gasteiger partial charge in [-0.3, -0.25) is 4.79 Å². The first kappa shape index (κ1) is 13.9. The van der Waals surface area contributed by atoms with Crippen LogP contribution in [0.15, 0.2) is 48.5 Å². The number of rotatable bonds is 4. The van der Waals surface area contributed by atoms with Gasteiger partial charge in [-0.15, -0.1) is 0 Å². The number of hydrogen-bond acceptors (Lipinski definition) is 3. The van der Waals surface area contributed by atoms with Crippen LogP contribution in [0, 0.1) is 6.92 Å². The standard InChI is InChI=1S/C17H16O3/c1-12-3-7-14(11-17(12)20-2)16(19)10-6-13-4-8-15(18)9-5-13/h3-11,18H,1-2H3. The van der Waals surface area contributed by atoms with Crippen LogP contribution in [0.5, 0.6) is 11.5 Å². The largest absolute Gasteiger partial charge is 0.508 e. The van der Waals surface area contributed by atoms with Gasteiger partial charge < -0.3 is 9.84 Å². The van der Waals surface area contributed by atoms with E-state index in [1.807, 2.05) is 13.0 Å². The maximum atomic E-state index is 12.1. The third-order valence-corrected chi connectivity index (χ3v) is 3.01. The average Bonchev–Trinajstić information content (AvgIpc) is 2.47. The smallest absolute Gasteiger partial charge is 0.185 e. The molecule has 2 rings (SSSR count). The van der Waals surface area contributed by atoms with Crippen molar-refractivity contribution in [2.75, 3.05) is 7.11 Å². The summed E-state index contributed by atoms with van der Waals surface area (Å²) < 4.78 is 5.21. The minimum Gasteiger partial charge on any atom is -0.508 e. The molecule has 20 heavy (non-hydrogen) atoms. The molecule has 3 nitrogen and oxygen atoms in total. The molecule has 2 aromatic rings. The van der Waals surface area contributed by atoms with E-state index in [0.717, 1.165) is 11.1 Å². The summed E-state index contributed by atoms with van der Waals surface area (Å²) in [6.07, 6.45) is 3.23. The van der Waals surface area contributed by atoms with Crippen LogP contribution < -0.4 is 4.74 Å². The SMILES string of the molecule is COc1cc(C(=O)C=Cc2ccc(O)cc2)ccc1C. The van der Waals surface area contributed by atoms with Gasteiger partial charge in [-0.1, -0.05) is 30.3 Å². The lowest BCUT2D eigenvalue weighted by Gasteiger charge is -2.05. The fraction of sp³-hybridized carbons (Fsp3) is 0.118. The van der Waals surface area contributed by atoms with E-state index < -0.39 is 0 Å². The summed E-state index contributed by atoms with van der Waals surface area (Å²) in [5, 5.41) is 9.19. The van der Waals surface area contributed by atoms with E-state index in [9.17, 15) is 9.90 Å². The van der Waals surface area contributed by atoms with Gasteiger partial charge in [0.05, 0.1) is 7.11 Å². The van der Waals surface area contributed by atoms with Crippen molar-refractivity contribution in [2.45, 2.75) is 6.92 Å². The molecule has 0 heterocycles. The number of phenols is 1. The number of aromatic hydroxyl groups is 1. The monoisotopic (exact) mass is 268 g/mol. The first-order valence-electron chi connectivity index (χ1n) is 6.26. The lowest BCUT2D eigenvalue weighted by atomic mass is 10.1. The number of benzene rings is 2. The van der Waals surface area contributed by atoms with Crippen LogP contribution in [0.1, 0.15) is 21.5 Å². The molecule has 0 bridgehead atoms. The molecule has 0 saturated carbocycles. The van der Waals surface area contributed by atoms with Crippen molar-refractivity contribution in [1.82, 2.24) is 0 Å². The van der Waals surface area contributed by atoms with E-state index in [1.54, 1.807) is 49.6 Å². The Morgan fingerprint density at radius 1 is 1.15 bits per heavy atom. The quantitative estimate of drug-likeness (QED) is 0.680. The number of carbonyl (C=O) groups excluding carboxylic acids is 1. The molecule has 0 unspecified atom stereocenters. The second-order valence-corrected chi connectivity index (χ2v) is 4.47. The molecule has 0 fully saturated rings. The van der Waals surface area contributed by atoms with Crippen molar-refractivity contribution in [3.05, 3.63) is 65.2 Å². The van der Waals surface area contributed by atoms with Gasteiger partial charge in [-0.05, 0) is 42.3 Å². The maximum Gasteiger partial charge on any atom is 0.185 e. The lowest BCUT2D eigenvalue weighted by Crippen LogP contribution is -1.96. The normalized spacial score (nSPS) is 10.7. The molecule has 0 aliphatic heterocycles. The zero-order valence-electron chi connectivity index (χ0n) is 11.5. The predicted octanol–water partition coefficient (Wildman–Crippen LogP) is 3.61. The fourth-order valence-electron chi connectivity index (χ4n) is 1.83. The Morgan fingerprint density at radius 3 is 2.50 bits per heavy atom. The number of ketones is 1. The van der Waals surface area contributed by atoms with Crippen LogP contribution in [0.25, 0.3) is 6.08 Å². The molecule has 0 amide bonds. The Kier molecular flexibility index (Phi) is 4.20. The van der Waals surface area contributed by atoms with Crippen LogP contribution in [0.3, 0.4) is 0 Å². The Labute approximate surface area is 118 Å². The molecule has 0 aromatic heterocycles. The van der Waals surface area contributed by atoms with Crippen LogP contribution in [0.4, 0.5) is 0 Å². The van der Waals surface area contributed by atoms with Gasteiger partial charge in [0, 0.05) is 5.56 Å². The third kappa shape index (κ3) is 3.26. The molecule has 0 atom stereocenters. The molecule has 0 saturated heterocycles. The van der Waals surface area contributed by atoms with Gasteiger partial charge in [0.1, 0.15) is 11.5 Å². The Morgan fingerprint density at radius 2 is 1.85 bits per heavy atom. The first-order chi connectivity index (χ1) is 9.60. The first-order valence-corrected chi connectivity index (χ1v) is 6.26. The van der Waals surface area contributed by atoms with Crippen molar-refractivity contribution in [3.63, 3.8) is 0 Å². The fourth-order valence-corrected chi connectivity index (χ4v) is 1.83. The van der Waals surface area contributed by atoms with Crippen molar-refractivity contribution in [1.29, 1.82) is 0 Å². The summed E-state index contributed by atoms with van der Waals surface area (Å²) in [5.41, 5.74) is 2.43. The number of aryl methyl sites for hydroxylation is 1. The van der Waals surface area contributed by atoms with Crippen LogP contribution in [0.2, 0.25) is 0 Å². The Hall–Kier alpha value is -2.55. The number of hydrogen-bond donors (Lipinski definition) is 1. The number of ether oxygens (including phenoxy) is 1. The number of methoxy groups -OCH3 is 1. The third-order valence-electron chi connectivity index (χ3n) is 3.01. The van der Waals surface area contributed by atoms with Gasteiger partial charge in [0.2, 0.25) is 0 Å². The molecule has 2 aromatic carbocycles. The Balaban J connectivity index is 2.17. The van der Waals surface area contributed by atoms with E-state index in [0.29, 0.717) is 11.3 Å². The number of carbonyl (C=O) groups is 1. The van der Waals surface area contributed by atoms with Crippen molar-refractivity contribution in [2.24, 2.45) is 0 Å². The second-order valence-electron chi connectivity index (χ2n) is 4.47. The van der Waals surface area contributed by atoms with E-state index in [4.69, 9.17) is 4.74 Å². The van der Waals surface area contributed by atoms with E-state index >= 15 is 0 Å². The summed E-state index contributed by atoms with van der Waals surface area (Å²) >= 11 is 0. The molecule has 0 radical (unpaired) electrons. The molecule has 0 spiro atoms. The zero-order valence-corrected chi connectivity index (χ0v) is 11.5. The second kappa shape index (κ2) is 6.06. The molecule has 0 aliphatic carbocycles. The summed E-state index contributed by atoms with van der Waals surface area (Å²) in [5.74, 6) is 0.821. The summed E-state index contributed by atoms with van der Waals surface area (Å²) in [7, 11) is 1.59. The van der Waals surface area contributed by atoms with Gasteiger partial charge in [0.15, 0.2) is 5.78 Å². The Bertz CT molecular complexity index is 640. The minimum absolute atomic E-state index is 0.0867. The highest BCUT2D eigenvalue weighted by Gasteiger charge is 2.05. The van der Waals surface area contributed by atoms with Crippen LogP contribution in [-0.2, 0) is 0 Å². The van der Waals surface area contributed by atoms with Crippen LogP contribution in [-0.4, -0.2) is 18.0 Å². The van der Waals surface area contributed by atoms with E-state index in [1.165, 1.54) is 6.08 Å².